The summed E-state index contributed by atoms with van der Waals surface area (Å²) >= 11 is 0. The Morgan fingerprint density at radius 3 is 2.76 bits per heavy atom. The number of hydrogen-bond donors (Lipinski definition) is 2. The van der Waals surface area contributed by atoms with E-state index in [9.17, 15) is 9.18 Å². The lowest BCUT2D eigenvalue weighted by Crippen LogP contribution is -2.42. The molecule has 1 amide bonds. The van der Waals surface area contributed by atoms with Crippen LogP contribution in [0.15, 0.2) is 24.3 Å². The Morgan fingerprint density at radius 1 is 1.43 bits per heavy atom. The van der Waals surface area contributed by atoms with E-state index in [-0.39, 0.29) is 17.8 Å². The molecule has 1 aliphatic rings. The lowest BCUT2D eigenvalue weighted by atomic mass is 9.84. The van der Waals surface area contributed by atoms with Crippen molar-refractivity contribution in [2.45, 2.75) is 44.3 Å². The molecule has 2 rings (SSSR count). The number of halogens is 1. The van der Waals surface area contributed by atoms with Gasteiger partial charge in [0.2, 0.25) is 5.91 Å². The third kappa shape index (κ3) is 3.80. The van der Waals surface area contributed by atoms with Gasteiger partial charge in [0.25, 0.3) is 0 Å². The lowest BCUT2D eigenvalue weighted by Gasteiger charge is -2.26. The molecule has 1 fully saturated rings. The second-order valence-corrected chi connectivity index (χ2v) is 6.14. The topological polar surface area (TPSA) is 64.4 Å². The molecule has 4 nitrogen and oxygen atoms in total. The van der Waals surface area contributed by atoms with Gasteiger partial charge in [-0.05, 0) is 24.5 Å². The minimum atomic E-state index is -0.479. The van der Waals surface area contributed by atoms with Crippen molar-refractivity contribution in [1.82, 2.24) is 5.32 Å². The van der Waals surface area contributed by atoms with E-state index in [1.807, 2.05) is 13.8 Å². The van der Waals surface area contributed by atoms with Gasteiger partial charge in [-0.15, -0.1) is 0 Å². The van der Waals surface area contributed by atoms with Gasteiger partial charge in [-0.25, -0.2) is 4.39 Å². The first-order chi connectivity index (χ1) is 9.94. The van der Waals surface area contributed by atoms with Crippen molar-refractivity contribution in [3.8, 4) is 0 Å². The molecule has 0 bridgehead atoms. The number of rotatable bonds is 5. The SMILES string of the molecule is CC(C)(CNC(=O)[C@@H]1CC[C@H](CN)O1)c1ccccc1F. The van der Waals surface area contributed by atoms with Gasteiger partial charge in [0, 0.05) is 18.5 Å². The summed E-state index contributed by atoms with van der Waals surface area (Å²) in [6, 6.07) is 6.64. The standard InChI is InChI=1S/C16H23FN2O2/c1-16(2,12-5-3-4-6-13(12)17)10-19-15(20)14-8-7-11(9-18)21-14/h3-6,11,14H,7-10,18H2,1-2H3,(H,19,20)/t11-,14+/m1/s1. The molecule has 0 aromatic heterocycles. The van der Waals surface area contributed by atoms with Gasteiger partial charge < -0.3 is 15.8 Å². The molecule has 2 atom stereocenters. The molecule has 5 heteroatoms. The Morgan fingerprint density at radius 2 is 2.14 bits per heavy atom. The first kappa shape index (κ1) is 15.9. The maximum Gasteiger partial charge on any atom is 0.249 e. The highest BCUT2D eigenvalue weighted by Crippen LogP contribution is 2.25. The van der Waals surface area contributed by atoms with Crippen LogP contribution < -0.4 is 11.1 Å². The van der Waals surface area contributed by atoms with Crippen molar-refractivity contribution in [3.05, 3.63) is 35.6 Å². The molecule has 1 saturated heterocycles. The van der Waals surface area contributed by atoms with E-state index in [0.29, 0.717) is 25.1 Å². The fraction of sp³-hybridized carbons (Fsp3) is 0.562. The van der Waals surface area contributed by atoms with E-state index in [0.717, 1.165) is 6.42 Å². The summed E-state index contributed by atoms with van der Waals surface area (Å²) < 4.78 is 19.4. The van der Waals surface area contributed by atoms with Crippen LogP contribution >= 0.6 is 0 Å². The Balaban J connectivity index is 1.93. The first-order valence-electron chi connectivity index (χ1n) is 7.32. The lowest BCUT2D eigenvalue weighted by molar-refractivity contribution is -0.132. The maximum absolute atomic E-state index is 13.9. The van der Waals surface area contributed by atoms with E-state index in [1.165, 1.54) is 6.07 Å². The number of amides is 1. The molecule has 0 radical (unpaired) electrons. The van der Waals surface area contributed by atoms with Gasteiger partial charge in [-0.2, -0.15) is 0 Å². The molecule has 1 aromatic carbocycles. The summed E-state index contributed by atoms with van der Waals surface area (Å²) in [6.07, 6.45) is 1.04. The molecule has 1 aromatic rings. The van der Waals surface area contributed by atoms with Crippen LogP contribution in [0.3, 0.4) is 0 Å². The zero-order valence-electron chi connectivity index (χ0n) is 12.6. The Labute approximate surface area is 124 Å². The second kappa shape index (κ2) is 6.54. The molecule has 1 aliphatic heterocycles. The number of nitrogens with one attached hydrogen (secondary N) is 1. The van der Waals surface area contributed by atoms with E-state index < -0.39 is 11.5 Å². The summed E-state index contributed by atoms with van der Waals surface area (Å²) in [6.45, 7) is 4.61. The predicted octanol–water partition coefficient (Wildman–Crippen LogP) is 1.73. The van der Waals surface area contributed by atoms with Gasteiger partial charge in [0.15, 0.2) is 0 Å². The van der Waals surface area contributed by atoms with Crippen molar-refractivity contribution in [1.29, 1.82) is 0 Å². The van der Waals surface area contributed by atoms with Crippen molar-refractivity contribution >= 4 is 5.91 Å². The maximum atomic E-state index is 13.9. The van der Waals surface area contributed by atoms with Gasteiger partial charge in [-0.1, -0.05) is 32.0 Å². The minimum absolute atomic E-state index is 0.0275. The molecule has 1 heterocycles. The second-order valence-electron chi connectivity index (χ2n) is 6.14. The minimum Gasteiger partial charge on any atom is -0.364 e. The average Bonchev–Trinajstić information content (AvgIpc) is 2.94. The van der Waals surface area contributed by atoms with Gasteiger partial charge in [0.1, 0.15) is 11.9 Å². The summed E-state index contributed by atoms with van der Waals surface area (Å²) in [7, 11) is 0. The fourth-order valence-electron chi connectivity index (χ4n) is 2.60. The van der Waals surface area contributed by atoms with Crippen LogP contribution in [0.25, 0.3) is 0 Å². The van der Waals surface area contributed by atoms with E-state index in [4.69, 9.17) is 10.5 Å². The quantitative estimate of drug-likeness (QED) is 0.869. The number of ether oxygens (including phenoxy) is 1. The molecule has 116 valence electrons. The summed E-state index contributed by atoms with van der Waals surface area (Å²) in [4.78, 5) is 12.1. The van der Waals surface area contributed by atoms with E-state index in [2.05, 4.69) is 5.32 Å². The number of nitrogens with two attached hydrogens (primary N) is 1. The number of hydrogen-bond acceptors (Lipinski definition) is 3. The van der Waals surface area contributed by atoms with Crippen LogP contribution in [0, 0.1) is 5.82 Å². The zero-order chi connectivity index (χ0) is 15.5. The van der Waals surface area contributed by atoms with Crippen LogP contribution in [-0.4, -0.2) is 31.2 Å². The van der Waals surface area contributed by atoms with Crippen LogP contribution in [0.1, 0.15) is 32.3 Å². The molecule has 3 N–H and O–H groups in total. The third-order valence-electron chi connectivity index (χ3n) is 3.97. The Hall–Kier alpha value is -1.46. The van der Waals surface area contributed by atoms with Crippen LogP contribution in [0.2, 0.25) is 0 Å². The zero-order valence-corrected chi connectivity index (χ0v) is 12.6. The molecule has 21 heavy (non-hydrogen) atoms. The predicted molar refractivity (Wildman–Crippen MR) is 79.4 cm³/mol. The normalized spacial score (nSPS) is 22.3. The van der Waals surface area contributed by atoms with Gasteiger partial charge in [0.05, 0.1) is 6.10 Å². The van der Waals surface area contributed by atoms with Crippen molar-refractivity contribution < 1.29 is 13.9 Å². The highest BCUT2D eigenvalue weighted by atomic mass is 19.1. The number of benzene rings is 1. The number of carbonyl (C=O) groups is 1. The highest BCUT2D eigenvalue weighted by Gasteiger charge is 2.31. The number of carbonyl (C=O) groups excluding carboxylic acids is 1. The Bertz CT molecular complexity index is 505. The van der Waals surface area contributed by atoms with E-state index >= 15 is 0 Å². The van der Waals surface area contributed by atoms with Crippen molar-refractivity contribution in [2.75, 3.05) is 13.1 Å². The Kier molecular flexibility index (Phi) is 4.96. The van der Waals surface area contributed by atoms with Gasteiger partial charge in [-0.3, -0.25) is 4.79 Å². The van der Waals surface area contributed by atoms with E-state index in [1.54, 1.807) is 18.2 Å². The average molecular weight is 294 g/mol. The van der Waals surface area contributed by atoms with Crippen molar-refractivity contribution in [3.63, 3.8) is 0 Å². The fourth-order valence-corrected chi connectivity index (χ4v) is 2.60. The highest BCUT2D eigenvalue weighted by molar-refractivity contribution is 5.81. The van der Waals surface area contributed by atoms with Crippen LogP contribution in [-0.2, 0) is 14.9 Å². The summed E-state index contributed by atoms with van der Waals surface area (Å²) in [5.74, 6) is -0.396. The first-order valence-corrected chi connectivity index (χ1v) is 7.32. The monoisotopic (exact) mass is 294 g/mol. The third-order valence-corrected chi connectivity index (χ3v) is 3.97. The summed E-state index contributed by atoms with van der Waals surface area (Å²) in [5.41, 5.74) is 5.65. The smallest absolute Gasteiger partial charge is 0.249 e. The van der Waals surface area contributed by atoms with Crippen molar-refractivity contribution in [2.24, 2.45) is 5.73 Å². The summed E-state index contributed by atoms with van der Waals surface area (Å²) in [5, 5.41) is 2.86. The molecule has 0 aliphatic carbocycles. The van der Waals surface area contributed by atoms with Crippen LogP contribution in [0.4, 0.5) is 4.39 Å². The largest absolute Gasteiger partial charge is 0.364 e. The van der Waals surface area contributed by atoms with Crippen LogP contribution in [0.5, 0.6) is 0 Å². The molecule has 0 saturated carbocycles. The van der Waals surface area contributed by atoms with Gasteiger partial charge >= 0.3 is 0 Å². The molecular formula is C16H23FN2O2. The molecule has 0 unspecified atom stereocenters. The molecule has 0 spiro atoms. The molecular weight excluding hydrogens is 271 g/mol.